The molecule has 0 spiro atoms. The van der Waals surface area contributed by atoms with E-state index in [-0.39, 0.29) is 31.6 Å². The normalized spacial score (nSPS) is 11.4. The number of nitrogens with zero attached hydrogens (tertiary/aromatic N) is 3. The van der Waals surface area contributed by atoms with Gasteiger partial charge in [0.1, 0.15) is 19.0 Å². The number of nitrogens with one attached hydrogen (secondary N) is 2. The second-order valence-corrected chi connectivity index (χ2v) is 10.0. The van der Waals surface area contributed by atoms with Crippen molar-refractivity contribution in [1.29, 1.82) is 0 Å². The first-order valence-corrected chi connectivity index (χ1v) is 14.5. The molecule has 0 radical (unpaired) electrons. The van der Waals surface area contributed by atoms with Gasteiger partial charge < -0.3 is 34.3 Å². The van der Waals surface area contributed by atoms with Crippen LogP contribution in [0.15, 0.2) is 29.4 Å². The molecule has 12 heteroatoms. The number of hydrogen-bond donors (Lipinski definition) is 2. The van der Waals surface area contributed by atoms with Crippen LogP contribution in [0.1, 0.15) is 57.3 Å². The van der Waals surface area contributed by atoms with Gasteiger partial charge in [-0.2, -0.15) is 0 Å². The zero-order chi connectivity index (χ0) is 30.8. The third-order valence-corrected chi connectivity index (χ3v) is 5.41. The molecule has 0 aliphatic heterocycles. The van der Waals surface area contributed by atoms with E-state index in [0.29, 0.717) is 82.1 Å². The Morgan fingerprint density at radius 3 is 2.48 bits per heavy atom. The maximum absolute atomic E-state index is 12.3. The smallest absolute Gasteiger partial charge is 0.251 e. The molecule has 1 aromatic rings. The minimum absolute atomic E-state index is 0.0147. The van der Waals surface area contributed by atoms with Crippen molar-refractivity contribution in [1.82, 2.24) is 10.6 Å². The molecule has 1 rings (SSSR count). The number of amides is 2. The fraction of sp³-hybridized carbons (Fsp3) is 0.667. The van der Waals surface area contributed by atoms with Crippen LogP contribution in [-0.2, 0) is 23.7 Å². The Bertz CT molecular complexity index is 1000. The van der Waals surface area contributed by atoms with Crippen molar-refractivity contribution in [3.63, 3.8) is 0 Å². The molecule has 1 aromatic carbocycles. The van der Waals surface area contributed by atoms with E-state index in [0.717, 1.165) is 6.42 Å². The molecule has 0 aliphatic rings. The van der Waals surface area contributed by atoms with Gasteiger partial charge in [0.25, 0.3) is 5.91 Å². The average Bonchev–Trinajstić information content (AvgIpc) is 2.96. The highest BCUT2D eigenvalue weighted by atomic mass is 16.6. The fourth-order valence-electron chi connectivity index (χ4n) is 3.26. The minimum atomic E-state index is -0.852. The molecule has 0 bridgehead atoms. The largest absolute Gasteiger partial charge is 0.491 e. The lowest BCUT2D eigenvalue weighted by atomic mass is 10.1. The van der Waals surface area contributed by atoms with Crippen LogP contribution >= 0.6 is 0 Å². The van der Waals surface area contributed by atoms with Gasteiger partial charge in [-0.05, 0) is 42.5 Å². The highest BCUT2D eigenvalue weighted by Gasteiger charge is 2.11. The number of ether oxygens (including phenoxy) is 5. The Labute approximate surface area is 249 Å². The maximum atomic E-state index is 12.3. The van der Waals surface area contributed by atoms with Crippen molar-refractivity contribution >= 4 is 11.8 Å². The van der Waals surface area contributed by atoms with Gasteiger partial charge >= 0.3 is 0 Å². The van der Waals surface area contributed by atoms with E-state index in [1.54, 1.807) is 24.3 Å². The minimum Gasteiger partial charge on any atom is -0.491 e. The second-order valence-electron chi connectivity index (χ2n) is 10.0. The van der Waals surface area contributed by atoms with Crippen LogP contribution in [0.5, 0.6) is 5.75 Å². The summed E-state index contributed by atoms with van der Waals surface area (Å²) in [6.45, 7) is 11.8. The van der Waals surface area contributed by atoms with Gasteiger partial charge in [0.2, 0.25) is 5.91 Å². The molecule has 234 valence electrons. The van der Waals surface area contributed by atoms with Crippen LogP contribution in [0, 0.1) is 23.7 Å². The van der Waals surface area contributed by atoms with Crippen LogP contribution < -0.4 is 15.4 Å². The molecule has 0 saturated heterocycles. The Morgan fingerprint density at radius 2 is 1.74 bits per heavy atom. The number of carbonyl (C=O) groups is 2. The standard InChI is InChI=1S/C30H47N5O7/c1-24(2)8-6-15-38-17-14-32-28(36)11-7-16-39-18-19-40-20-21-41-29(34-35-31)23-42-27-10-5-9-26(22-27)30(37)33-13-12-25(3)4/h5,9-10,22,24-25,29H,7,11-21,23H2,1-4H3,(H,32,36)(H,33,37). The lowest BCUT2D eigenvalue weighted by Crippen LogP contribution is -2.27. The van der Waals surface area contributed by atoms with Crippen LogP contribution in [-0.4, -0.2) is 84.0 Å². The lowest BCUT2D eigenvalue weighted by Gasteiger charge is -2.15. The molecule has 42 heavy (non-hydrogen) atoms. The first-order chi connectivity index (χ1) is 20.3. The lowest BCUT2D eigenvalue weighted by molar-refractivity contribution is -0.121. The maximum Gasteiger partial charge on any atom is 0.251 e. The van der Waals surface area contributed by atoms with Crippen molar-refractivity contribution in [3.05, 3.63) is 40.3 Å². The van der Waals surface area contributed by atoms with E-state index in [1.807, 2.05) is 13.8 Å². The van der Waals surface area contributed by atoms with Crippen LogP contribution in [0.25, 0.3) is 10.4 Å². The monoisotopic (exact) mass is 589 g/mol. The molecule has 12 nitrogen and oxygen atoms in total. The molecular formula is C30H47N5O7. The number of rotatable bonds is 23. The SMILES string of the molecule is CC(C)C#CCOCCNC(=O)CCCOCCOCCOC(COc1cccc(C(=O)NCCC(C)C)c1)N=[N+]=[N-]. The Hall–Kier alpha value is -3.33. The van der Waals surface area contributed by atoms with Crippen molar-refractivity contribution < 1.29 is 33.3 Å². The summed E-state index contributed by atoms with van der Waals surface area (Å²) in [4.78, 5) is 26.9. The van der Waals surface area contributed by atoms with Gasteiger partial charge in [-0.15, -0.1) is 0 Å². The highest BCUT2D eigenvalue weighted by Crippen LogP contribution is 2.14. The van der Waals surface area contributed by atoms with Crippen molar-refractivity contribution in [2.45, 2.75) is 53.2 Å². The zero-order valence-corrected chi connectivity index (χ0v) is 25.4. The Kier molecular flexibility index (Phi) is 21.2. The van der Waals surface area contributed by atoms with Gasteiger partial charge in [0.15, 0.2) is 6.23 Å². The summed E-state index contributed by atoms with van der Waals surface area (Å²) < 4.78 is 27.5. The average molecular weight is 590 g/mol. The van der Waals surface area contributed by atoms with E-state index in [9.17, 15) is 9.59 Å². The molecule has 2 amide bonds. The van der Waals surface area contributed by atoms with Crippen LogP contribution in [0.4, 0.5) is 0 Å². The van der Waals surface area contributed by atoms with Crippen LogP contribution in [0.3, 0.4) is 0 Å². The molecule has 0 aliphatic carbocycles. The molecule has 1 atom stereocenters. The molecule has 2 N–H and O–H groups in total. The summed E-state index contributed by atoms with van der Waals surface area (Å²) in [5.41, 5.74) is 9.32. The molecule has 1 unspecified atom stereocenters. The molecule has 0 aromatic heterocycles. The molecule has 0 saturated carbocycles. The molecule has 0 heterocycles. The summed E-state index contributed by atoms with van der Waals surface area (Å²) >= 11 is 0. The topological polar surface area (TPSA) is 153 Å². The number of carbonyl (C=O) groups excluding carboxylic acids is 2. The van der Waals surface area contributed by atoms with Crippen molar-refractivity contribution in [3.8, 4) is 17.6 Å². The summed E-state index contributed by atoms with van der Waals surface area (Å²) in [6.07, 6.45) is 1.03. The Morgan fingerprint density at radius 1 is 0.976 bits per heavy atom. The number of hydrogen-bond acceptors (Lipinski definition) is 8. The van der Waals surface area contributed by atoms with E-state index in [4.69, 9.17) is 29.2 Å². The quantitative estimate of drug-likeness (QED) is 0.0641. The summed E-state index contributed by atoms with van der Waals surface area (Å²) in [5, 5.41) is 9.29. The predicted octanol–water partition coefficient (Wildman–Crippen LogP) is 4.10. The van der Waals surface area contributed by atoms with Gasteiger partial charge in [-0.1, -0.05) is 50.7 Å². The van der Waals surface area contributed by atoms with Gasteiger partial charge in [0.05, 0.1) is 33.0 Å². The van der Waals surface area contributed by atoms with E-state index in [2.05, 4.69) is 46.3 Å². The first kappa shape index (κ1) is 36.7. The van der Waals surface area contributed by atoms with Crippen LogP contribution in [0.2, 0.25) is 0 Å². The highest BCUT2D eigenvalue weighted by molar-refractivity contribution is 5.94. The van der Waals surface area contributed by atoms with Gasteiger partial charge in [-0.25, -0.2) is 0 Å². The fourth-order valence-corrected chi connectivity index (χ4v) is 3.26. The predicted molar refractivity (Wildman–Crippen MR) is 160 cm³/mol. The summed E-state index contributed by atoms with van der Waals surface area (Å²) in [5.74, 6) is 7.02. The number of benzene rings is 1. The summed E-state index contributed by atoms with van der Waals surface area (Å²) in [7, 11) is 0. The van der Waals surface area contributed by atoms with E-state index < -0.39 is 6.23 Å². The third kappa shape index (κ3) is 20.5. The van der Waals surface area contributed by atoms with Crippen molar-refractivity contribution in [2.24, 2.45) is 17.0 Å². The Balaban J connectivity index is 2.10. The number of azide groups is 1. The second kappa shape index (κ2) is 24.3. The summed E-state index contributed by atoms with van der Waals surface area (Å²) in [6, 6.07) is 6.79. The third-order valence-electron chi connectivity index (χ3n) is 5.41. The molecule has 0 fully saturated rings. The molecular weight excluding hydrogens is 542 g/mol. The van der Waals surface area contributed by atoms with Gasteiger partial charge in [0, 0.05) is 42.5 Å². The van der Waals surface area contributed by atoms with E-state index >= 15 is 0 Å². The van der Waals surface area contributed by atoms with Gasteiger partial charge in [-0.3, -0.25) is 9.59 Å². The van der Waals surface area contributed by atoms with Crippen molar-refractivity contribution in [2.75, 3.05) is 65.9 Å². The van der Waals surface area contributed by atoms with E-state index in [1.165, 1.54) is 0 Å². The first-order valence-electron chi connectivity index (χ1n) is 14.5. The zero-order valence-electron chi connectivity index (χ0n) is 25.4.